The van der Waals surface area contributed by atoms with Crippen molar-refractivity contribution in [1.82, 2.24) is 9.97 Å². The predicted octanol–water partition coefficient (Wildman–Crippen LogP) is 4.74. The SMILES string of the molecule is Cc1cc2c(N3c4ccccc4CC3C)nc(Cl)nc2s1. The summed E-state index contributed by atoms with van der Waals surface area (Å²) in [5.41, 5.74) is 2.59. The molecule has 106 valence electrons. The first-order valence-electron chi connectivity index (χ1n) is 6.94. The Morgan fingerprint density at radius 3 is 2.95 bits per heavy atom. The molecule has 0 spiro atoms. The first-order valence-corrected chi connectivity index (χ1v) is 8.14. The van der Waals surface area contributed by atoms with Gasteiger partial charge in [0, 0.05) is 16.6 Å². The van der Waals surface area contributed by atoms with Gasteiger partial charge >= 0.3 is 0 Å². The fraction of sp³-hybridized carbons (Fsp3) is 0.250. The van der Waals surface area contributed by atoms with Gasteiger partial charge in [0.1, 0.15) is 10.6 Å². The predicted molar refractivity (Wildman–Crippen MR) is 88.9 cm³/mol. The molecule has 0 bridgehead atoms. The van der Waals surface area contributed by atoms with Gasteiger partial charge in [0.15, 0.2) is 0 Å². The Bertz CT molecular complexity index is 843. The smallest absolute Gasteiger partial charge is 0.225 e. The minimum Gasteiger partial charge on any atom is -0.322 e. The molecule has 3 aromatic rings. The molecule has 0 amide bonds. The van der Waals surface area contributed by atoms with Crippen LogP contribution in [-0.2, 0) is 6.42 Å². The van der Waals surface area contributed by atoms with E-state index in [1.54, 1.807) is 11.3 Å². The molecular formula is C16H14ClN3S. The molecule has 1 aliphatic rings. The summed E-state index contributed by atoms with van der Waals surface area (Å²) in [6.45, 7) is 4.31. The van der Waals surface area contributed by atoms with Gasteiger partial charge in [-0.05, 0) is 49.6 Å². The van der Waals surface area contributed by atoms with Gasteiger partial charge in [-0.2, -0.15) is 4.98 Å². The molecule has 2 aromatic heterocycles. The van der Waals surface area contributed by atoms with E-state index in [2.05, 4.69) is 59.0 Å². The summed E-state index contributed by atoms with van der Waals surface area (Å²) < 4.78 is 0. The second-order valence-electron chi connectivity index (χ2n) is 5.44. The molecule has 1 atom stereocenters. The molecule has 0 fully saturated rings. The lowest BCUT2D eigenvalue weighted by atomic mass is 10.1. The standard InChI is InChI=1S/C16H14ClN3S/c1-9-7-11-5-3-4-6-13(11)20(9)14-12-8-10(2)21-15(12)19-16(17)18-14/h3-6,8-9H,7H2,1-2H3. The Balaban J connectivity index is 1.98. The molecule has 1 aliphatic heterocycles. The summed E-state index contributed by atoms with van der Waals surface area (Å²) in [6.07, 6.45) is 1.03. The number of benzene rings is 1. The highest BCUT2D eigenvalue weighted by Gasteiger charge is 2.29. The zero-order valence-corrected chi connectivity index (χ0v) is 13.4. The molecule has 1 unspecified atom stereocenters. The number of anilines is 2. The van der Waals surface area contributed by atoms with Crippen LogP contribution in [0.25, 0.3) is 10.2 Å². The van der Waals surface area contributed by atoms with Gasteiger partial charge in [-0.1, -0.05) is 18.2 Å². The topological polar surface area (TPSA) is 29.0 Å². The van der Waals surface area contributed by atoms with Crippen LogP contribution >= 0.6 is 22.9 Å². The largest absolute Gasteiger partial charge is 0.322 e. The molecule has 0 saturated heterocycles. The van der Waals surface area contributed by atoms with Gasteiger partial charge in [0.2, 0.25) is 5.28 Å². The lowest BCUT2D eigenvalue weighted by molar-refractivity contribution is 0.752. The number of nitrogens with zero attached hydrogens (tertiary/aromatic N) is 3. The van der Waals surface area contributed by atoms with Crippen LogP contribution in [0, 0.1) is 6.92 Å². The highest BCUT2D eigenvalue weighted by Crippen LogP contribution is 2.41. The molecule has 5 heteroatoms. The molecule has 21 heavy (non-hydrogen) atoms. The Morgan fingerprint density at radius 2 is 2.10 bits per heavy atom. The van der Waals surface area contributed by atoms with Crippen molar-refractivity contribution in [2.75, 3.05) is 4.90 Å². The van der Waals surface area contributed by atoms with E-state index in [0.717, 1.165) is 22.5 Å². The maximum absolute atomic E-state index is 6.14. The van der Waals surface area contributed by atoms with Gasteiger partial charge < -0.3 is 4.90 Å². The van der Waals surface area contributed by atoms with Gasteiger partial charge in [-0.15, -0.1) is 11.3 Å². The van der Waals surface area contributed by atoms with E-state index < -0.39 is 0 Å². The Kier molecular flexibility index (Phi) is 2.91. The van der Waals surface area contributed by atoms with Crippen molar-refractivity contribution >= 4 is 44.7 Å². The van der Waals surface area contributed by atoms with Crippen molar-refractivity contribution in [1.29, 1.82) is 0 Å². The van der Waals surface area contributed by atoms with Crippen LogP contribution in [-0.4, -0.2) is 16.0 Å². The molecule has 4 rings (SSSR count). The molecule has 3 nitrogen and oxygen atoms in total. The third-order valence-corrected chi connectivity index (χ3v) is 5.02. The highest BCUT2D eigenvalue weighted by molar-refractivity contribution is 7.18. The molecule has 0 aliphatic carbocycles. The van der Waals surface area contributed by atoms with E-state index >= 15 is 0 Å². The lowest BCUT2D eigenvalue weighted by Gasteiger charge is -2.24. The second kappa shape index (κ2) is 4.68. The number of rotatable bonds is 1. The molecule has 1 aromatic carbocycles. The van der Waals surface area contributed by atoms with E-state index in [4.69, 9.17) is 11.6 Å². The summed E-state index contributed by atoms with van der Waals surface area (Å²) in [6, 6.07) is 11.0. The van der Waals surface area contributed by atoms with Crippen LogP contribution in [0.4, 0.5) is 11.5 Å². The van der Waals surface area contributed by atoms with Crippen LogP contribution in [0.15, 0.2) is 30.3 Å². The summed E-state index contributed by atoms with van der Waals surface area (Å²) in [5.74, 6) is 0.923. The first kappa shape index (κ1) is 13.0. The van der Waals surface area contributed by atoms with Crippen molar-refractivity contribution in [3.63, 3.8) is 0 Å². The van der Waals surface area contributed by atoms with Crippen molar-refractivity contribution < 1.29 is 0 Å². The first-order chi connectivity index (χ1) is 10.1. The van der Waals surface area contributed by atoms with Crippen molar-refractivity contribution in [3.05, 3.63) is 46.1 Å². The Labute approximate surface area is 132 Å². The number of aromatic nitrogens is 2. The van der Waals surface area contributed by atoms with Crippen LogP contribution in [0.1, 0.15) is 17.4 Å². The zero-order chi connectivity index (χ0) is 14.6. The number of hydrogen-bond donors (Lipinski definition) is 0. The number of aryl methyl sites for hydroxylation is 1. The van der Waals surface area contributed by atoms with E-state index in [1.807, 2.05) is 0 Å². The van der Waals surface area contributed by atoms with Crippen molar-refractivity contribution in [2.45, 2.75) is 26.3 Å². The van der Waals surface area contributed by atoms with E-state index in [9.17, 15) is 0 Å². The number of halogens is 1. The monoisotopic (exact) mass is 315 g/mol. The fourth-order valence-corrected chi connectivity index (χ4v) is 4.16. The van der Waals surface area contributed by atoms with Crippen molar-refractivity contribution in [3.8, 4) is 0 Å². The molecule has 0 saturated carbocycles. The average molecular weight is 316 g/mol. The third-order valence-electron chi connectivity index (χ3n) is 3.90. The van der Waals surface area contributed by atoms with Crippen LogP contribution in [0.3, 0.4) is 0 Å². The maximum Gasteiger partial charge on any atom is 0.225 e. The molecule has 3 heterocycles. The van der Waals surface area contributed by atoms with Gasteiger partial charge in [0.05, 0.1) is 5.39 Å². The second-order valence-corrected chi connectivity index (χ2v) is 7.02. The number of fused-ring (bicyclic) bond motifs is 2. The lowest BCUT2D eigenvalue weighted by Crippen LogP contribution is -2.25. The Hall–Kier alpha value is -1.65. The minimum atomic E-state index is 0.316. The molecule has 0 N–H and O–H groups in total. The highest BCUT2D eigenvalue weighted by atomic mass is 35.5. The van der Waals surface area contributed by atoms with E-state index in [-0.39, 0.29) is 0 Å². The van der Waals surface area contributed by atoms with Crippen LogP contribution < -0.4 is 4.90 Å². The maximum atomic E-state index is 6.14. The summed E-state index contributed by atoms with van der Waals surface area (Å²) in [7, 11) is 0. The van der Waals surface area contributed by atoms with Crippen molar-refractivity contribution in [2.24, 2.45) is 0 Å². The van der Waals surface area contributed by atoms with Gasteiger partial charge in [-0.25, -0.2) is 4.98 Å². The normalized spacial score (nSPS) is 17.5. The summed E-state index contributed by atoms with van der Waals surface area (Å²) in [4.78, 5) is 13.4. The van der Waals surface area contributed by atoms with E-state index in [1.165, 1.54) is 16.1 Å². The van der Waals surface area contributed by atoms with E-state index in [0.29, 0.717) is 11.3 Å². The number of para-hydroxylation sites is 1. The summed E-state index contributed by atoms with van der Waals surface area (Å²) >= 11 is 7.80. The van der Waals surface area contributed by atoms with Gasteiger partial charge in [-0.3, -0.25) is 0 Å². The minimum absolute atomic E-state index is 0.316. The van der Waals surface area contributed by atoms with Gasteiger partial charge in [0.25, 0.3) is 0 Å². The fourth-order valence-electron chi connectivity index (χ4n) is 3.07. The van der Waals surface area contributed by atoms with Crippen LogP contribution in [0.2, 0.25) is 5.28 Å². The number of hydrogen-bond acceptors (Lipinski definition) is 4. The molecule has 0 radical (unpaired) electrons. The van der Waals surface area contributed by atoms with Crippen LogP contribution in [0.5, 0.6) is 0 Å². The quantitative estimate of drug-likeness (QED) is 0.608. The Morgan fingerprint density at radius 1 is 1.29 bits per heavy atom. The third kappa shape index (κ3) is 2.01. The number of thiophene rings is 1. The zero-order valence-electron chi connectivity index (χ0n) is 11.8. The molecular weight excluding hydrogens is 302 g/mol. The summed E-state index contributed by atoms with van der Waals surface area (Å²) in [5, 5.41) is 1.40. The average Bonchev–Trinajstić information content (AvgIpc) is 2.96.